The predicted molar refractivity (Wildman–Crippen MR) is 83.7 cm³/mol. The first-order chi connectivity index (χ1) is 10.2. The second-order valence-corrected chi connectivity index (χ2v) is 5.12. The van der Waals surface area contributed by atoms with E-state index in [1.165, 1.54) is 0 Å². The zero-order valence-electron chi connectivity index (χ0n) is 11.9. The molecule has 0 unspecified atom stereocenters. The fraction of sp³-hybridized carbons (Fsp3) is 0.188. The molecule has 3 rings (SSSR count). The van der Waals surface area contributed by atoms with E-state index in [0.29, 0.717) is 11.0 Å². The molecule has 0 fully saturated rings. The monoisotopic (exact) mass is 298 g/mol. The van der Waals surface area contributed by atoms with Crippen molar-refractivity contribution in [3.05, 3.63) is 59.1 Å². The molecule has 2 heterocycles. The molecular formula is C16H15ClN4. The van der Waals surface area contributed by atoms with Crippen molar-refractivity contribution in [1.82, 2.24) is 19.7 Å². The van der Waals surface area contributed by atoms with Gasteiger partial charge in [0.05, 0.1) is 17.4 Å². The molecule has 0 bridgehead atoms. The van der Waals surface area contributed by atoms with Crippen LogP contribution in [0.25, 0.3) is 17.1 Å². The fourth-order valence-electron chi connectivity index (χ4n) is 2.25. The SMILES string of the molecule is CCc1c(C)nc(-c2cnn(-c3ccccc3)c2)nc1Cl. The van der Waals surface area contributed by atoms with Crippen LogP contribution in [0.3, 0.4) is 0 Å². The van der Waals surface area contributed by atoms with Crippen LogP contribution in [0.15, 0.2) is 42.7 Å². The average Bonchev–Trinajstić information content (AvgIpc) is 2.97. The van der Waals surface area contributed by atoms with Gasteiger partial charge in [0.1, 0.15) is 5.15 Å². The van der Waals surface area contributed by atoms with Crippen LogP contribution >= 0.6 is 11.6 Å². The quantitative estimate of drug-likeness (QED) is 0.690. The van der Waals surface area contributed by atoms with Gasteiger partial charge in [-0.2, -0.15) is 5.10 Å². The van der Waals surface area contributed by atoms with Crippen LogP contribution in [0.2, 0.25) is 5.15 Å². The van der Waals surface area contributed by atoms with E-state index in [1.807, 2.05) is 50.4 Å². The summed E-state index contributed by atoms with van der Waals surface area (Å²) in [5.74, 6) is 0.608. The highest BCUT2D eigenvalue weighted by molar-refractivity contribution is 6.30. The molecule has 0 saturated heterocycles. The first kappa shape index (κ1) is 13.8. The number of benzene rings is 1. The summed E-state index contributed by atoms with van der Waals surface area (Å²) in [5, 5.41) is 4.88. The van der Waals surface area contributed by atoms with E-state index in [0.717, 1.165) is 28.9 Å². The second kappa shape index (κ2) is 5.66. The number of para-hydroxylation sites is 1. The van der Waals surface area contributed by atoms with E-state index >= 15 is 0 Å². The third-order valence-electron chi connectivity index (χ3n) is 3.38. The molecule has 0 amide bonds. The van der Waals surface area contributed by atoms with Crippen LogP contribution < -0.4 is 0 Å². The van der Waals surface area contributed by atoms with E-state index in [4.69, 9.17) is 11.6 Å². The molecule has 0 atom stereocenters. The van der Waals surface area contributed by atoms with Crippen LogP contribution in [0.4, 0.5) is 0 Å². The second-order valence-electron chi connectivity index (χ2n) is 4.76. The predicted octanol–water partition coefficient (Wildman–Crippen LogP) is 3.85. The lowest BCUT2D eigenvalue weighted by Crippen LogP contribution is -1.98. The van der Waals surface area contributed by atoms with Crippen molar-refractivity contribution in [2.75, 3.05) is 0 Å². The van der Waals surface area contributed by atoms with Gasteiger partial charge in [0.15, 0.2) is 5.82 Å². The van der Waals surface area contributed by atoms with Crippen LogP contribution in [-0.2, 0) is 6.42 Å². The Labute approximate surface area is 128 Å². The Kier molecular flexibility index (Phi) is 3.71. The zero-order valence-corrected chi connectivity index (χ0v) is 12.7. The van der Waals surface area contributed by atoms with Gasteiger partial charge >= 0.3 is 0 Å². The number of aryl methyl sites for hydroxylation is 1. The highest BCUT2D eigenvalue weighted by atomic mass is 35.5. The summed E-state index contributed by atoms with van der Waals surface area (Å²) in [4.78, 5) is 8.92. The third kappa shape index (κ3) is 2.67. The molecule has 0 radical (unpaired) electrons. The lowest BCUT2D eigenvalue weighted by molar-refractivity contribution is 0.880. The first-order valence-electron chi connectivity index (χ1n) is 6.82. The standard InChI is InChI=1S/C16H15ClN4/c1-3-14-11(2)19-16(20-15(14)17)12-9-18-21(10-12)13-7-5-4-6-8-13/h4-10H,3H2,1-2H3. The molecule has 21 heavy (non-hydrogen) atoms. The molecule has 4 nitrogen and oxygen atoms in total. The van der Waals surface area contributed by atoms with Crippen molar-refractivity contribution in [1.29, 1.82) is 0 Å². The maximum Gasteiger partial charge on any atom is 0.164 e. The number of hydrogen-bond acceptors (Lipinski definition) is 3. The van der Waals surface area contributed by atoms with Crippen LogP contribution in [0.5, 0.6) is 0 Å². The summed E-state index contributed by atoms with van der Waals surface area (Å²) in [5.41, 5.74) is 3.76. The number of nitrogens with zero attached hydrogens (tertiary/aromatic N) is 4. The summed E-state index contributed by atoms with van der Waals surface area (Å²) >= 11 is 6.23. The first-order valence-corrected chi connectivity index (χ1v) is 7.20. The molecule has 0 aliphatic heterocycles. The van der Waals surface area contributed by atoms with Crippen molar-refractivity contribution >= 4 is 11.6 Å². The van der Waals surface area contributed by atoms with E-state index in [2.05, 4.69) is 15.1 Å². The van der Waals surface area contributed by atoms with Gasteiger partial charge in [-0.1, -0.05) is 36.7 Å². The number of hydrogen-bond donors (Lipinski definition) is 0. The molecular weight excluding hydrogens is 284 g/mol. The average molecular weight is 299 g/mol. The maximum atomic E-state index is 6.23. The minimum atomic E-state index is 0.521. The Bertz CT molecular complexity index is 742. The van der Waals surface area contributed by atoms with E-state index in [-0.39, 0.29) is 0 Å². The van der Waals surface area contributed by atoms with Gasteiger partial charge in [-0.3, -0.25) is 0 Å². The molecule has 0 saturated carbocycles. The Morgan fingerprint density at radius 3 is 2.57 bits per heavy atom. The van der Waals surface area contributed by atoms with E-state index in [1.54, 1.807) is 10.9 Å². The number of halogens is 1. The smallest absolute Gasteiger partial charge is 0.164 e. The lowest BCUT2D eigenvalue weighted by Gasteiger charge is -2.06. The molecule has 106 valence electrons. The molecule has 1 aromatic carbocycles. The topological polar surface area (TPSA) is 43.6 Å². The number of rotatable bonds is 3. The molecule has 5 heteroatoms. The van der Waals surface area contributed by atoms with Crippen molar-refractivity contribution in [2.45, 2.75) is 20.3 Å². The van der Waals surface area contributed by atoms with Gasteiger partial charge in [0, 0.05) is 17.5 Å². The molecule has 0 aliphatic carbocycles. The molecule has 3 aromatic rings. The summed E-state index contributed by atoms with van der Waals surface area (Å²) in [6.45, 7) is 4.00. The summed E-state index contributed by atoms with van der Waals surface area (Å²) < 4.78 is 1.80. The van der Waals surface area contributed by atoms with Crippen LogP contribution in [0.1, 0.15) is 18.2 Å². The molecule has 2 aromatic heterocycles. The van der Waals surface area contributed by atoms with E-state index in [9.17, 15) is 0 Å². The fourth-order valence-corrected chi connectivity index (χ4v) is 2.60. The molecule has 0 spiro atoms. The third-order valence-corrected chi connectivity index (χ3v) is 3.69. The normalized spacial score (nSPS) is 10.8. The van der Waals surface area contributed by atoms with Gasteiger partial charge in [0.25, 0.3) is 0 Å². The summed E-state index contributed by atoms with van der Waals surface area (Å²) in [7, 11) is 0. The van der Waals surface area contributed by atoms with Crippen molar-refractivity contribution in [3.63, 3.8) is 0 Å². The van der Waals surface area contributed by atoms with Gasteiger partial charge < -0.3 is 0 Å². The minimum Gasteiger partial charge on any atom is -0.240 e. The zero-order chi connectivity index (χ0) is 14.8. The van der Waals surface area contributed by atoms with Gasteiger partial charge in [0.2, 0.25) is 0 Å². The Hall–Kier alpha value is -2.20. The van der Waals surface area contributed by atoms with Gasteiger partial charge in [-0.15, -0.1) is 0 Å². The molecule has 0 aliphatic rings. The van der Waals surface area contributed by atoms with Crippen molar-refractivity contribution in [2.24, 2.45) is 0 Å². The van der Waals surface area contributed by atoms with Gasteiger partial charge in [-0.25, -0.2) is 14.6 Å². The van der Waals surface area contributed by atoms with Gasteiger partial charge in [-0.05, 0) is 25.5 Å². The van der Waals surface area contributed by atoms with Crippen molar-refractivity contribution in [3.8, 4) is 17.1 Å². The van der Waals surface area contributed by atoms with Crippen LogP contribution in [0, 0.1) is 6.92 Å². The Morgan fingerprint density at radius 1 is 1.14 bits per heavy atom. The Morgan fingerprint density at radius 2 is 1.90 bits per heavy atom. The largest absolute Gasteiger partial charge is 0.240 e. The maximum absolute atomic E-state index is 6.23. The summed E-state index contributed by atoms with van der Waals surface area (Å²) in [6.07, 6.45) is 4.49. The van der Waals surface area contributed by atoms with Crippen molar-refractivity contribution < 1.29 is 0 Å². The minimum absolute atomic E-state index is 0.521. The Balaban J connectivity index is 2.01. The summed E-state index contributed by atoms with van der Waals surface area (Å²) in [6, 6.07) is 9.92. The molecule has 0 N–H and O–H groups in total. The highest BCUT2D eigenvalue weighted by Gasteiger charge is 2.11. The highest BCUT2D eigenvalue weighted by Crippen LogP contribution is 2.23. The van der Waals surface area contributed by atoms with E-state index < -0.39 is 0 Å². The lowest BCUT2D eigenvalue weighted by atomic mass is 10.2. The van der Waals surface area contributed by atoms with Crippen LogP contribution in [-0.4, -0.2) is 19.7 Å². The number of aromatic nitrogens is 4.